The van der Waals surface area contributed by atoms with E-state index in [1.807, 2.05) is 29.6 Å². The summed E-state index contributed by atoms with van der Waals surface area (Å²) in [4.78, 5) is 12.4. The second-order valence-corrected chi connectivity index (χ2v) is 6.96. The third kappa shape index (κ3) is 2.72. The van der Waals surface area contributed by atoms with Crippen LogP contribution in [-0.4, -0.2) is 22.7 Å². The van der Waals surface area contributed by atoms with E-state index in [0.29, 0.717) is 5.69 Å². The van der Waals surface area contributed by atoms with Gasteiger partial charge < -0.3 is 14.9 Å². The van der Waals surface area contributed by atoms with Gasteiger partial charge in [0.05, 0.1) is 6.10 Å². The Morgan fingerprint density at radius 2 is 2.17 bits per heavy atom. The number of aliphatic hydroxyl groups is 1. The molecule has 1 aliphatic carbocycles. The Morgan fingerprint density at radius 1 is 1.33 bits per heavy atom. The van der Waals surface area contributed by atoms with Gasteiger partial charge in [0.2, 0.25) is 0 Å². The molecule has 24 heavy (non-hydrogen) atoms. The molecular weight excluding hydrogens is 324 g/mol. The summed E-state index contributed by atoms with van der Waals surface area (Å²) in [6.07, 6.45) is 3.07. The van der Waals surface area contributed by atoms with Crippen LogP contribution in [0.15, 0.2) is 34.2 Å². The molecule has 1 aliphatic rings. The average molecular weight is 342 g/mol. The van der Waals surface area contributed by atoms with E-state index in [-0.39, 0.29) is 12.5 Å². The van der Waals surface area contributed by atoms with E-state index in [9.17, 15) is 9.90 Å². The molecular formula is C18H18N2O3S. The van der Waals surface area contributed by atoms with Crippen LogP contribution in [0.1, 0.15) is 46.3 Å². The van der Waals surface area contributed by atoms with E-state index in [2.05, 4.69) is 10.5 Å². The molecule has 1 amide bonds. The molecule has 1 aromatic carbocycles. The molecule has 1 atom stereocenters. The zero-order valence-corrected chi connectivity index (χ0v) is 13.9. The molecule has 2 heterocycles. The quantitative estimate of drug-likeness (QED) is 0.763. The van der Waals surface area contributed by atoms with Crippen LogP contribution in [0, 0.1) is 0 Å². The van der Waals surface area contributed by atoms with Crippen LogP contribution < -0.4 is 5.32 Å². The van der Waals surface area contributed by atoms with Crippen molar-refractivity contribution in [1.82, 2.24) is 10.5 Å². The van der Waals surface area contributed by atoms with Gasteiger partial charge in [0.1, 0.15) is 5.76 Å². The molecule has 0 saturated carbocycles. The van der Waals surface area contributed by atoms with Crippen LogP contribution in [0.5, 0.6) is 0 Å². The number of hydrogen-bond acceptors (Lipinski definition) is 5. The van der Waals surface area contributed by atoms with Crippen molar-refractivity contribution in [3.8, 4) is 0 Å². The largest absolute Gasteiger partial charge is 0.387 e. The molecule has 1 unspecified atom stereocenters. The van der Waals surface area contributed by atoms with Crippen molar-refractivity contribution in [1.29, 1.82) is 0 Å². The molecule has 0 fully saturated rings. The predicted molar refractivity (Wildman–Crippen MR) is 92.3 cm³/mol. The molecule has 2 aromatic heterocycles. The Morgan fingerprint density at radius 3 is 3.08 bits per heavy atom. The third-order valence-electron chi connectivity index (χ3n) is 4.49. The average Bonchev–Trinajstić information content (AvgIpc) is 3.23. The first-order valence-electron chi connectivity index (χ1n) is 8.14. The van der Waals surface area contributed by atoms with Crippen molar-refractivity contribution >= 4 is 27.3 Å². The van der Waals surface area contributed by atoms with Crippen LogP contribution in [0.4, 0.5) is 0 Å². The van der Waals surface area contributed by atoms with Crippen molar-refractivity contribution in [3.05, 3.63) is 52.2 Å². The maximum absolute atomic E-state index is 12.4. The molecule has 4 rings (SSSR count). The van der Waals surface area contributed by atoms with Gasteiger partial charge in [0.15, 0.2) is 5.69 Å². The van der Waals surface area contributed by atoms with Crippen LogP contribution in [0.2, 0.25) is 0 Å². The minimum Gasteiger partial charge on any atom is -0.387 e. The lowest BCUT2D eigenvalue weighted by atomic mass is 9.96. The maximum atomic E-state index is 12.4. The number of aliphatic hydroxyl groups excluding tert-OH is 1. The van der Waals surface area contributed by atoms with Crippen molar-refractivity contribution in [2.45, 2.75) is 31.8 Å². The van der Waals surface area contributed by atoms with Gasteiger partial charge in [0, 0.05) is 28.8 Å². The summed E-state index contributed by atoms with van der Waals surface area (Å²) in [6, 6.07) is 7.94. The number of hydrogen-bond donors (Lipinski definition) is 2. The number of nitrogens with one attached hydrogen (secondary N) is 1. The molecule has 6 heteroatoms. The summed E-state index contributed by atoms with van der Waals surface area (Å²) in [7, 11) is 0. The lowest BCUT2D eigenvalue weighted by molar-refractivity contribution is 0.0907. The number of aromatic nitrogens is 1. The summed E-state index contributed by atoms with van der Waals surface area (Å²) >= 11 is 1.59. The molecule has 0 aliphatic heterocycles. The van der Waals surface area contributed by atoms with E-state index in [1.165, 1.54) is 0 Å². The predicted octanol–water partition coefficient (Wildman–Crippen LogP) is 3.23. The van der Waals surface area contributed by atoms with Crippen LogP contribution >= 0.6 is 11.3 Å². The summed E-state index contributed by atoms with van der Waals surface area (Å²) < 4.78 is 6.40. The number of rotatable bonds is 4. The fourth-order valence-corrected chi connectivity index (χ4v) is 4.21. The number of fused-ring (bicyclic) bond motifs is 2. The number of thiophene rings is 1. The number of carbonyl (C=O) groups is 1. The second-order valence-electron chi connectivity index (χ2n) is 6.05. The van der Waals surface area contributed by atoms with Crippen LogP contribution in [0.25, 0.3) is 10.1 Å². The van der Waals surface area contributed by atoms with Gasteiger partial charge in [-0.15, -0.1) is 11.3 Å². The molecule has 124 valence electrons. The van der Waals surface area contributed by atoms with Crippen LogP contribution in [0.3, 0.4) is 0 Å². The van der Waals surface area contributed by atoms with E-state index >= 15 is 0 Å². The monoisotopic (exact) mass is 342 g/mol. The van der Waals surface area contributed by atoms with Gasteiger partial charge >= 0.3 is 0 Å². The van der Waals surface area contributed by atoms with Crippen LogP contribution in [-0.2, 0) is 12.8 Å². The fraction of sp³-hybridized carbons (Fsp3) is 0.333. The maximum Gasteiger partial charge on any atom is 0.273 e. The molecule has 0 radical (unpaired) electrons. The summed E-state index contributed by atoms with van der Waals surface area (Å²) in [5.74, 6) is 0.552. The summed E-state index contributed by atoms with van der Waals surface area (Å²) in [5.41, 5.74) is 2.14. The Hall–Kier alpha value is -2.18. The number of benzene rings is 1. The van der Waals surface area contributed by atoms with Gasteiger partial charge in [-0.05, 0) is 36.1 Å². The van der Waals surface area contributed by atoms with Gasteiger partial charge in [-0.3, -0.25) is 4.79 Å². The van der Waals surface area contributed by atoms with Gasteiger partial charge in [-0.2, -0.15) is 0 Å². The summed E-state index contributed by atoms with van der Waals surface area (Å²) in [5, 5.41) is 20.1. The molecule has 0 saturated heterocycles. The number of carbonyl (C=O) groups excluding carboxylic acids is 1. The number of aryl methyl sites for hydroxylation is 1. The molecule has 0 bridgehead atoms. The Labute approximate surface area is 143 Å². The lowest BCUT2D eigenvalue weighted by Gasteiger charge is -2.12. The number of nitrogens with zero attached hydrogens (tertiary/aromatic N) is 1. The Bertz CT molecular complexity index is 883. The molecule has 5 nitrogen and oxygen atoms in total. The van der Waals surface area contributed by atoms with Crippen molar-refractivity contribution in [3.63, 3.8) is 0 Å². The lowest BCUT2D eigenvalue weighted by Crippen LogP contribution is -2.29. The summed E-state index contributed by atoms with van der Waals surface area (Å²) in [6.45, 7) is 0.154. The van der Waals surface area contributed by atoms with E-state index in [4.69, 9.17) is 4.52 Å². The third-order valence-corrected chi connectivity index (χ3v) is 5.47. The Balaban J connectivity index is 1.46. The topological polar surface area (TPSA) is 75.4 Å². The van der Waals surface area contributed by atoms with E-state index < -0.39 is 6.10 Å². The zero-order valence-electron chi connectivity index (χ0n) is 13.1. The zero-order chi connectivity index (χ0) is 16.5. The fourth-order valence-electron chi connectivity index (χ4n) is 3.20. The first-order valence-corrected chi connectivity index (χ1v) is 9.02. The minimum absolute atomic E-state index is 0.154. The number of amides is 1. The minimum atomic E-state index is -0.743. The SMILES string of the molecule is O=C(NCC(O)c1csc2ccccc12)c1noc2c1CCCC2. The first-order chi connectivity index (χ1) is 11.7. The van der Waals surface area contributed by atoms with Crippen molar-refractivity contribution in [2.75, 3.05) is 6.54 Å². The van der Waals surface area contributed by atoms with E-state index in [0.717, 1.165) is 52.7 Å². The van der Waals surface area contributed by atoms with E-state index in [1.54, 1.807) is 11.3 Å². The second kappa shape index (κ2) is 6.37. The molecule has 0 spiro atoms. The van der Waals surface area contributed by atoms with Gasteiger partial charge in [-0.1, -0.05) is 23.4 Å². The van der Waals surface area contributed by atoms with Crippen molar-refractivity contribution in [2.24, 2.45) is 0 Å². The highest BCUT2D eigenvalue weighted by atomic mass is 32.1. The van der Waals surface area contributed by atoms with Gasteiger partial charge in [0.25, 0.3) is 5.91 Å². The first kappa shape index (κ1) is 15.4. The Kier molecular flexibility index (Phi) is 4.08. The smallest absolute Gasteiger partial charge is 0.273 e. The molecule has 3 aromatic rings. The highest BCUT2D eigenvalue weighted by Crippen LogP contribution is 2.30. The standard InChI is InChI=1S/C18H18N2O3S/c21-14(13-10-24-16-8-4-2-5-11(13)16)9-19-18(22)17-12-6-1-3-7-15(12)23-20-17/h2,4-5,8,10,14,21H,1,3,6-7,9H2,(H,19,22). The van der Waals surface area contributed by atoms with Gasteiger partial charge in [-0.25, -0.2) is 0 Å². The van der Waals surface area contributed by atoms with Crippen molar-refractivity contribution < 1.29 is 14.4 Å². The highest BCUT2D eigenvalue weighted by molar-refractivity contribution is 7.17. The molecule has 2 N–H and O–H groups in total. The normalized spacial score (nSPS) is 15.2. The highest BCUT2D eigenvalue weighted by Gasteiger charge is 2.24.